The Morgan fingerprint density at radius 2 is 2.17 bits per heavy atom. The van der Waals surface area contributed by atoms with Gasteiger partial charge in [0.25, 0.3) is 10.0 Å². The van der Waals surface area contributed by atoms with E-state index in [0.717, 1.165) is 30.9 Å². The molecule has 1 amide bonds. The van der Waals surface area contributed by atoms with Crippen molar-refractivity contribution in [1.82, 2.24) is 20.0 Å². The molecule has 2 aliphatic rings. The molecular weight excluding hydrogens is 446 g/mol. The normalized spacial score (nSPS) is 19.2. The van der Waals surface area contributed by atoms with Crippen LogP contribution >= 0.6 is 23.4 Å². The number of aromatic nitrogens is 2. The largest absolute Gasteiger partial charge is 0.388 e. The smallest absolute Gasteiger partial charge is 0.269 e. The average molecular weight is 470 g/mol. The van der Waals surface area contributed by atoms with Crippen LogP contribution in [-0.2, 0) is 14.8 Å². The van der Waals surface area contributed by atoms with Crippen LogP contribution in [0.4, 0.5) is 5.82 Å². The number of hydrogen-bond donors (Lipinski definition) is 3. The summed E-state index contributed by atoms with van der Waals surface area (Å²) in [6.45, 7) is 8.08. The van der Waals surface area contributed by atoms with E-state index in [4.69, 9.17) is 11.6 Å². The lowest BCUT2D eigenvalue weighted by Gasteiger charge is -2.14. The fourth-order valence-electron chi connectivity index (χ4n) is 2.92. The number of nitrogens with zero attached hydrogens (tertiary/aromatic N) is 2. The Labute approximate surface area is 185 Å². The lowest BCUT2D eigenvalue weighted by atomic mass is 10.2. The highest BCUT2D eigenvalue weighted by Crippen LogP contribution is 2.44. The SMILES string of the molecule is C=C(/C=C(\NCC)C1CC1)Nc1nc(C2CC=C(S(=O)(=O)NC(C)=O)S2)ncc1Cl. The summed E-state index contributed by atoms with van der Waals surface area (Å²) in [5.74, 6) is 0.768. The molecule has 1 saturated carbocycles. The molecule has 11 heteroatoms. The van der Waals surface area contributed by atoms with Gasteiger partial charge in [0.2, 0.25) is 5.91 Å². The van der Waals surface area contributed by atoms with E-state index in [1.165, 1.54) is 19.0 Å². The number of amides is 1. The zero-order valence-electron chi connectivity index (χ0n) is 16.7. The molecule has 1 fully saturated rings. The summed E-state index contributed by atoms with van der Waals surface area (Å²) in [6, 6.07) is 0. The number of rotatable bonds is 9. The first kappa shape index (κ1) is 22.6. The van der Waals surface area contributed by atoms with Crippen molar-refractivity contribution in [2.24, 2.45) is 5.92 Å². The maximum Gasteiger partial charge on any atom is 0.269 e. The van der Waals surface area contributed by atoms with Gasteiger partial charge in [0.05, 0.1) is 11.4 Å². The van der Waals surface area contributed by atoms with Crippen molar-refractivity contribution < 1.29 is 13.2 Å². The molecule has 30 heavy (non-hydrogen) atoms. The predicted molar refractivity (Wildman–Crippen MR) is 120 cm³/mol. The van der Waals surface area contributed by atoms with E-state index in [2.05, 4.69) is 27.2 Å². The van der Waals surface area contributed by atoms with Gasteiger partial charge in [-0.05, 0) is 38.2 Å². The molecule has 8 nitrogen and oxygen atoms in total. The highest BCUT2D eigenvalue weighted by molar-refractivity contribution is 8.18. The molecule has 3 N–H and O–H groups in total. The third-order valence-electron chi connectivity index (χ3n) is 4.36. The minimum absolute atomic E-state index is 0.0859. The standard InChI is InChI=1S/C19H24ClN5O3S2/c1-4-21-15(13-5-6-13)9-11(2)23-18-14(20)10-22-19(24-18)16-7-8-17(29-16)30(27,28)25-12(3)26/h8-10,13,16,21H,2,4-7H2,1,3H3,(H,25,26)(H,22,23,24)/b15-9-. The number of sulfonamides is 1. The van der Waals surface area contributed by atoms with Crippen molar-refractivity contribution in [3.8, 4) is 0 Å². The van der Waals surface area contributed by atoms with Gasteiger partial charge in [-0.1, -0.05) is 24.3 Å². The van der Waals surface area contributed by atoms with Gasteiger partial charge in [0, 0.05) is 24.9 Å². The van der Waals surface area contributed by atoms with Crippen molar-refractivity contribution in [1.29, 1.82) is 0 Å². The number of nitrogens with one attached hydrogen (secondary N) is 3. The number of anilines is 1. The van der Waals surface area contributed by atoms with Crippen molar-refractivity contribution in [3.05, 3.63) is 51.4 Å². The molecule has 0 bridgehead atoms. The van der Waals surface area contributed by atoms with Gasteiger partial charge in [0.15, 0.2) is 5.82 Å². The number of carbonyl (C=O) groups is 1. The highest BCUT2D eigenvalue weighted by Gasteiger charge is 2.31. The fourth-order valence-corrected chi connectivity index (χ4v) is 5.72. The Morgan fingerprint density at radius 3 is 2.80 bits per heavy atom. The van der Waals surface area contributed by atoms with Gasteiger partial charge >= 0.3 is 0 Å². The maximum atomic E-state index is 12.2. The molecule has 1 aromatic rings. The van der Waals surface area contributed by atoms with Gasteiger partial charge in [-0.3, -0.25) is 4.79 Å². The van der Waals surface area contributed by atoms with Crippen LogP contribution in [0.3, 0.4) is 0 Å². The number of hydrogen-bond acceptors (Lipinski definition) is 8. The monoisotopic (exact) mass is 469 g/mol. The van der Waals surface area contributed by atoms with Crippen LogP contribution in [0.15, 0.2) is 40.6 Å². The highest BCUT2D eigenvalue weighted by atomic mass is 35.5. The molecule has 3 rings (SSSR count). The van der Waals surface area contributed by atoms with E-state index >= 15 is 0 Å². The second-order valence-corrected chi connectivity index (χ2v) is 10.6. The number of allylic oxidation sites excluding steroid dienone is 3. The summed E-state index contributed by atoms with van der Waals surface area (Å²) in [5.41, 5.74) is 1.79. The topological polar surface area (TPSA) is 113 Å². The zero-order valence-corrected chi connectivity index (χ0v) is 19.1. The van der Waals surface area contributed by atoms with Gasteiger partial charge in [0.1, 0.15) is 15.1 Å². The van der Waals surface area contributed by atoms with Crippen LogP contribution in [0.1, 0.15) is 44.2 Å². The molecule has 1 unspecified atom stereocenters. The first-order chi connectivity index (χ1) is 14.2. The second-order valence-electron chi connectivity index (χ2n) is 7.01. The molecule has 1 aliphatic heterocycles. The van der Waals surface area contributed by atoms with Crippen LogP contribution in [0, 0.1) is 5.92 Å². The molecule has 1 aromatic heterocycles. The third-order valence-corrected chi connectivity index (χ3v) is 7.92. The Hall–Kier alpha value is -2.04. The van der Waals surface area contributed by atoms with Crippen LogP contribution in [0.2, 0.25) is 5.02 Å². The molecule has 0 saturated heterocycles. The van der Waals surface area contributed by atoms with Crippen molar-refractivity contribution in [2.75, 3.05) is 11.9 Å². The quantitative estimate of drug-likeness (QED) is 0.471. The van der Waals surface area contributed by atoms with E-state index < -0.39 is 15.9 Å². The lowest BCUT2D eigenvalue weighted by molar-refractivity contribution is -0.117. The fraction of sp³-hybridized carbons (Fsp3) is 0.421. The van der Waals surface area contributed by atoms with E-state index in [0.29, 0.717) is 34.7 Å². The molecule has 0 radical (unpaired) electrons. The number of thioether (sulfide) groups is 1. The Bertz CT molecular complexity index is 1020. The predicted octanol–water partition coefficient (Wildman–Crippen LogP) is 3.44. The number of carbonyl (C=O) groups excluding carboxylic acids is 1. The molecule has 0 spiro atoms. The first-order valence-electron chi connectivity index (χ1n) is 9.53. The zero-order chi connectivity index (χ0) is 21.9. The first-order valence-corrected chi connectivity index (χ1v) is 12.3. The second kappa shape index (κ2) is 9.40. The average Bonchev–Trinajstić information content (AvgIpc) is 3.38. The van der Waals surface area contributed by atoms with E-state index in [1.54, 1.807) is 6.08 Å². The van der Waals surface area contributed by atoms with Crippen LogP contribution in [-0.4, -0.2) is 30.8 Å². The molecular formula is C19H24ClN5O3S2. The molecule has 2 heterocycles. The maximum absolute atomic E-state index is 12.2. The van der Waals surface area contributed by atoms with Gasteiger partial charge in [-0.25, -0.2) is 23.1 Å². The van der Waals surface area contributed by atoms with Crippen LogP contribution in [0.25, 0.3) is 0 Å². The van der Waals surface area contributed by atoms with Crippen LogP contribution in [0.5, 0.6) is 0 Å². The number of halogens is 1. The Kier molecular flexibility index (Phi) is 7.10. The van der Waals surface area contributed by atoms with Gasteiger partial charge < -0.3 is 10.6 Å². The van der Waals surface area contributed by atoms with Gasteiger partial charge in [-0.2, -0.15) is 0 Å². The summed E-state index contributed by atoms with van der Waals surface area (Å²) >= 11 is 7.34. The third kappa shape index (κ3) is 5.77. The Balaban J connectivity index is 1.71. The van der Waals surface area contributed by atoms with E-state index in [-0.39, 0.29) is 9.49 Å². The summed E-state index contributed by atoms with van der Waals surface area (Å²) in [5, 5.41) is 6.52. The van der Waals surface area contributed by atoms with E-state index in [9.17, 15) is 13.2 Å². The van der Waals surface area contributed by atoms with E-state index in [1.807, 2.05) is 17.7 Å². The lowest BCUT2D eigenvalue weighted by Crippen LogP contribution is -2.28. The molecule has 1 aliphatic carbocycles. The summed E-state index contributed by atoms with van der Waals surface area (Å²) < 4.78 is 26.4. The minimum atomic E-state index is -3.86. The molecule has 0 aromatic carbocycles. The summed E-state index contributed by atoms with van der Waals surface area (Å²) in [6.07, 6.45) is 7.76. The summed E-state index contributed by atoms with van der Waals surface area (Å²) in [7, 11) is -3.86. The molecule has 162 valence electrons. The molecule has 1 atom stereocenters. The minimum Gasteiger partial charge on any atom is -0.388 e. The Morgan fingerprint density at radius 1 is 1.43 bits per heavy atom. The van der Waals surface area contributed by atoms with Gasteiger partial charge in [-0.15, -0.1) is 11.8 Å². The van der Waals surface area contributed by atoms with Crippen molar-refractivity contribution >= 4 is 45.1 Å². The van der Waals surface area contributed by atoms with Crippen molar-refractivity contribution in [2.45, 2.75) is 38.4 Å². The summed E-state index contributed by atoms with van der Waals surface area (Å²) in [4.78, 5) is 19.9. The van der Waals surface area contributed by atoms with Crippen molar-refractivity contribution in [3.63, 3.8) is 0 Å². The van der Waals surface area contributed by atoms with Crippen LogP contribution < -0.4 is 15.4 Å².